The van der Waals surface area contributed by atoms with E-state index in [1.807, 2.05) is 6.92 Å². The molecule has 0 bridgehead atoms. The van der Waals surface area contributed by atoms with Crippen LogP contribution in [0.2, 0.25) is 0 Å². The lowest BCUT2D eigenvalue weighted by Gasteiger charge is -2.15. The Hall–Kier alpha value is -0.120. The van der Waals surface area contributed by atoms with Crippen LogP contribution in [0, 0.1) is 0 Å². The number of ether oxygens (including phenoxy) is 1. The molecule has 3 heteroatoms. The van der Waals surface area contributed by atoms with Crippen molar-refractivity contribution in [2.75, 3.05) is 6.61 Å². The molecular weight excluding hydrogens is 130 g/mol. The minimum atomic E-state index is -0.494. The van der Waals surface area contributed by atoms with Gasteiger partial charge in [0.25, 0.3) is 0 Å². The van der Waals surface area contributed by atoms with Gasteiger partial charge in [-0.2, -0.15) is 0 Å². The predicted octanol–water partition coefficient (Wildman–Crippen LogP) is 0.687. The molecule has 0 amide bonds. The zero-order chi connectivity index (χ0) is 7.98. The molecule has 0 aromatic heterocycles. The number of aliphatic hydroxyl groups excluding tert-OH is 1. The molecule has 0 aromatic rings. The van der Waals surface area contributed by atoms with Gasteiger partial charge in [-0.15, -0.1) is 0 Å². The second-order valence-electron chi connectivity index (χ2n) is 2.36. The summed E-state index contributed by atoms with van der Waals surface area (Å²) in [6.07, 6.45) is 0.457. The van der Waals surface area contributed by atoms with Crippen LogP contribution in [0.5, 0.6) is 0 Å². The zero-order valence-corrected chi connectivity index (χ0v) is 6.92. The van der Waals surface area contributed by atoms with E-state index in [0.717, 1.165) is 13.0 Å². The highest BCUT2D eigenvalue weighted by molar-refractivity contribution is 4.47. The Morgan fingerprint density at radius 3 is 2.50 bits per heavy atom. The largest absolute Gasteiger partial charge is 0.379 e. The summed E-state index contributed by atoms with van der Waals surface area (Å²) < 4.78 is 5.23. The fourth-order valence-electron chi connectivity index (χ4n) is 0.682. The Morgan fingerprint density at radius 2 is 2.10 bits per heavy atom. The molecule has 0 aliphatic rings. The normalized spacial score (nSPS) is 16.8. The third-order valence-electron chi connectivity index (χ3n) is 1.05. The number of rotatable bonds is 5. The Bertz CT molecular complexity index is 76.0. The molecule has 2 unspecified atom stereocenters. The second-order valence-corrected chi connectivity index (χ2v) is 2.36. The quantitative estimate of drug-likeness (QED) is 0.562. The van der Waals surface area contributed by atoms with Gasteiger partial charge in [-0.05, 0) is 20.3 Å². The highest BCUT2D eigenvalue weighted by atomic mass is 16.5. The van der Waals surface area contributed by atoms with Gasteiger partial charge >= 0.3 is 0 Å². The predicted molar refractivity (Wildman–Crippen MR) is 40.5 cm³/mol. The highest BCUT2D eigenvalue weighted by Crippen LogP contribution is 1.88. The minimum absolute atomic E-state index is 0.0556. The molecule has 0 spiro atoms. The topological polar surface area (TPSA) is 41.5 Å². The van der Waals surface area contributed by atoms with Gasteiger partial charge in [-0.1, -0.05) is 6.92 Å². The molecule has 10 heavy (non-hydrogen) atoms. The first-order valence-corrected chi connectivity index (χ1v) is 3.72. The van der Waals surface area contributed by atoms with Crippen molar-refractivity contribution >= 4 is 0 Å². The SMILES string of the molecule is CCCOC(C)NC(C)O. The van der Waals surface area contributed by atoms with E-state index in [1.54, 1.807) is 6.92 Å². The molecule has 2 atom stereocenters. The first kappa shape index (κ1) is 9.88. The Balaban J connectivity index is 3.16. The van der Waals surface area contributed by atoms with Crippen LogP contribution in [0.3, 0.4) is 0 Å². The lowest BCUT2D eigenvalue weighted by atomic mass is 10.5. The summed E-state index contributed by atoms with van der Waals surface area (Å²) in [5, 5.41) is 11.6. The fourth-order valence-corrected chi connectivity index (χ4v) is 0.682. The lowest BCUT2D eigenvalue weighted by Crippen LogP contribution is -2.36. The van der Waals surface area contributed by atoms with Gasteiger partial charge in [0, 0.05) is 6.61 Å². The molecule has 2 N–H and O–H groups in total. The number of nitrogens with one attached hydrogen (secondary N) is 1. The van der Waals surface area contributed by atoms with E-state index in [-0.39, 0.29) is 6.23 Å². The van der Waals surface area contributed by atoms with E-state index in [0.29, 0.717) is 0 Å². The maximum atomic E-state index is 8.83. The third-order valence-corrected chi connectivity index (χ3v) is 1.05. The molecule has 0 heterocycles. The first-order chi connectivity index (χ1) is 4.66. The van der Waals surface area contributed by atoms with Gasteiger partial charge in [-0.3, -0.25) is 5.32 Å². The summed E-state index contributed by atoms with van der Waals surface area (Å²) in [4.78, 5) is 0. The maximum Gasteiger partial charge on any atom is 0.107 e. The smallest absolute Gasteiger partial charge is 0.107 e. The van der Waals surface area contributed by atoms with Crippen LogP contribution in [0.4, 0.5) is 0 Å². The van der Waals surface area contributed by atoms with E-state index in [2.05, 4.69) is 12.2 Å². The van der Waals surface area contributed by atoms with E-state index in [1.165, 1.54) is 0 Å². The summed E-state index contributed by atoms with van der Waals surface area (Å²) in [5.41, 5.74) is 0. The molecule has 0 fully saturated rings. The van der Waals surface area contributed by atoms with Crippen LogP contribution >= 0.6 is 0 Å². The maximum absolute atomic E-state index is 8.83. The average molecular weight is 147 g/mol. The summed E-state index contributed by atoms with van der Waals surface area (Å²) >= 11 is 0. The first-order valence-electron chi connectivity index (χ1n) is 3.72. The van der Waals surface area contributed by atoms with Gasteiger partial charge in [0.15, 0.2) is 0 Å². The molecule has 0 saturated carbocycles. The molecule has 0 aromatic carbocycles. The van der Waals surface area contributed by atoms with Crippen LogP contribution in [-0.2, 0) is 4.74 Å². The number of hydrogen-bond donors (Lipinski definition) is 2. The molecule has 0 saturated heterocycles. The Labute approximate surface area is 62.4 Å². The Morgan fingerprint density at radius 1 is 1.50 bits per heavy atom. The fraction of sp³-hybridized carbons (Fsp3) is 1.00. The standard InChI is InChI=1S/C7H17NO2/c1-4-5-10-7(3)8-6(2)9/h6-9H,4-5H2,1-3H3. The third kappa shape index (κ3) is 6.01. The van der Waals surface area contributed by atoms with Crippen molar-refractivity contribution < 1.29 is 9.84 Å². The van der Waals surface area contributed by atoms with Crippen LogP contribution in [0.1, 0.15) is 27.2 Å². The van der Waals surface area contributed by atoms with Crippen molar-refractivity contribution in [1.29, 1.82) is 0 Å². The molecule has 0 aliphatic carbocycles. The van der Waals surface area contributed by atoms with Crippen molar-refractivity contribution in [3.05, 3.63) is 0 Å². The van der Waals surface area contributed by atoms with Crippen molar-refractivity contribution in [3.8, 4) is 0 Å². The van der Waals surface area contributed by atoms with Crippen molar-refractivity contribution in [2.45, 2.75) is 39.6 Å². The van der Waals surface area contributed by atoms with E-state index in [4.69, 9.17) is 9.84 Å². The van der Waals surface area contributed by atoms with E-state index < -0.39 is 6.23 Å². The van der Waals surface area contributed by atoms with Gasteiger partial charge in [0.2, 0.25) is 0 Å². The van der Waals surface area contributed by atoms with E-state index in [9.17, 15) is 0 Å². The number of hydrogen-bond acceptors (Lipinski definition) is 3. The molecule has 62 valence electrons. The summed E-state index contributed by atoms with van der Waals surface area (Å²) in [6.45, 7) is 6.34. The van der Waals surface area contributed by atoms with E-state index >= 15 is 0 Å². The Kier molecular flexibility index (Phi) is 5.58. The molecule has 0 rings (SSSR count). The van der Waals surface area contributed by atoms with Crippen LogP contribution in [0.15, 0.2) is 0 Å². The molecule has 0 aliphatic heterocycles. The molecular formula is C7H17NO2. The summed E-state index contributed by atoms with van der Waals surface area (Å²) in [6, 6.07) is 0. The van der Waals surface area contributed by atoms with Crippen molar-refractivity contribution in [3.63, 3.8) is 0 Å². The summed E-state index contributed by atoms with van der Waals surface area (Å²) in [7, 11) is 0. The minimum Gasteiger partial charge on any atom is -0.379 e. The monoisotopic (exact) mass is 147 g/mol. The second kappa shape index (κ2) is 5.65. The van der Waals surface area contributed by atoms with Crippen LogP contribution in [-0.4, -0.2) is 24.2 Å². The van der Waals surface area contributed by atoms with Gasteiger partial charge in [-0.25, -0.2) is 0 Å². The lowest BCUT2D eigenvalue weighted by molar-refractivity contribution is 0.00141. The molecule has 3 nitrogen and oxygen atoms in total. The summed E-state index contributed by atoms with van der Waals surface area (Å²) in [5.74, 6) is 0. The van der Waals surface area contributed by atoms with Crippen molar-refractivity contribution in [2.24, 2.45) is 0 Å². The van der Waals surface area contributed by atoms with Gasteiger partial charge < -0.3 is 9.84 Å². The van der Waals surface area contributed by atoms with Gasteiger partial charge in [0.05, 0.1) is 0 Å². The highest BCUT2D eigenvalue weighted by Gasteiger charge is 2.01. The molecule has 0 radical (unpaired) electrons. The zero-order valence-electron chi connectivity index (χ0n) is 6.92. The number of aliphatic hydroxyl groups is 1. The average Bonchev–Trinajstić information content (AvgIpc) is 1.82. The van der Waals surface area contributed by atoms with Crippen LogP contribution in [0.25, 0.3) is 0 Å². The van der Waals surface area contributed by atoms with Gasteiger partial charge in [0.1, 0.15) is 12.5 Å². The van der Waals surface area contributed by atoms with Crippen LogP contribution < -0.4 is 5.32 Å². The van der Waals surface area contributed by atoms with Crippen molar-refractivity contribution in [1.82, 2.24) is 5.32 Å².